The Balaban J connectivity index is 1.64. The van der Waals surface area contributed by atoms with Gasteiger partial charge in [0.15, 0.2) is 11.5 Å². The molecule has 0 spiro atoms. The van der Waals surface area contributed by atoms with Gasteiger partial charge in [-0.3, -0.25) is 4.79 Å². The first kappa shape index (κ1) is 23.0. The third kappa shape index (κ3) is 4.95. The number of thiazole rings is 1. The zero-order valence-electron chi connectivity index (χ0n) is 17.5. The number of nitrogens with two attached hydrogens (primary N) is 1. The minimum absolute atomic E-state index is 0.0264. The molecule has 1 saturated heterocycles. The quantitative estimate of drug-likeness (QED) is 0.495. The number of hydrogen-bond donors (Lipinski definition) is 2. The molecule has 0 saturated carbocycles. The Kier molecular flexibility index (Phi) is 6.82. The Hall–Kier alpha value is -3.15. The Labute approximate surface area is 191 Å². The van der Waals surface area contributed by atoms with E-state index in [0.29, 0.717) is 18.9 Å². The van der Waals surface area contributed by atoms with Crippen molar-refractivity contribution < 1.29 is 22.4 Å². The third-order valence-electron chi connectivity index (χ3n) is 5.32. The van der Waals surface area contributed by atoms with Crippen molar-refractivity contribution in [2.24, 2.45) is 0 Å². The smallest absolute Gasteiger partial charge is 0.277 e. The van der Waals surface area contributed by atoms with E-state index in [-0.39, 0.29) is 27.0 Å². The molecule has 33 heavy (non-hydrogen) atoms. The van der Waals surface area contributed by atoms with Gasteiger partial charge in [0, 0.05) is 13.1 Å². The van der Waals surface area contributed by atoms with Crippen LogP contribution in [0.4, 0.5) is 34.1 Å². The maximum Gasteiger partial charge on any atom is 0.277 e. The number of anilines is 3. The molecule has 0 radical (unpaired) electrons. The molecule has 0 aliphatic carbocycles. The summed E-state index contributed by atoms with van der Waals surface area (Å²) in [5.74, 6) is -1.99. The van der Waals surface area contributed by atoms with Crippen molar-refractivity contribution in [1.82, 2.24) is 14.8 Å². The monoisotopic (exact) mass is 482 g/mol. The average Bonchev–Trinajstić information content (AvgIpc) is 3.20. The van der Waals surface area contributed by atoms with E-state index in [2.05, 4.69) is 15.4 Å². The zero-order valence-corrected chi connectivity index (χ0v) is 18.3. The van der Waals surface area contributed by atoms with Gasteiger partial charge in [-0.25, -0.2) is 27.2 Å². The number of hydrogen-bond acceptors (Lipinski definition) is 6. The average molecular weight is 483 g/mol. The van der Waals surface area contributed by atoms with Crippen LogP contribution in [0.1, 0.15) is 36.2 Å². The highest BCUT2D eigenvalue weighted by atomic mass is 32.1. The standard InChI is InChI=1S/C21H22F4N6OS/c22-12-6-5-7-13(23)16(12)20-29-17(18(26)33-20)19(32)28-14-10-27-31(11-15(24)25)21(14)30-8-3-1-2-4-9-30/h5-7,10,15H,1-4,8-9,11,26H2,(H,28,32). The summed E-state index contributed by atoms with van der Waals surface area (Å²) in [5, 5.41) is 6.58. The van der Waals surface area contributed by atoms with Crippen molar-refractivity contribution in [3.63, 3.8) is 0 Å². The highest BCUT2D eigenvalue weighted by molar-refractivity contribution is 7.19. The number of nitrogens with zero attached hydrogens (tertiary/aromatic N) is 4. The van der Waals surface area contributed by atoms with Crippen LogP contribution >= 0.6 is 11.3 Å². The Morgan fingerprint density at radius 2 is 1.82 bits per heavy atom. The number of nitrogen functional groups attached to an aromatic ring is 1. The molecule has 1 fully saturated rings. The highest BCUT2D eigenvalue weighted by Gasteiger charge is 2.25. The summed E-state index contributed by atoms with van der Waals surface area (Å²) in [7, 11) is 0. The molecular weight excluding hydrogens is 460 g/mol. The van der Waals surface area contributed by atoms with E-state index in [0.717, 1.165) is 49.2 Å². The Morgan fingerprint density at radius 3 is 2.45 bits per heavy atom. The highest BCUT2D eigenvalue weighted by Crippen LogP contribution is 2.35. The van der Waals surface area contributed by atoms with Gasteiger partial charge < -0.3 is 16.0 Å². The molecule has 4 rings (SSSR count). The van der Waals surface area contributed by atoms with Gasteiger partial charge in [-0.15, -0.1) is 0 Å². The van der Waals surface area contributed by atoms with Crippen LogP contribution in [-0.4, -0.2) is 40.2 Å². The number of carbonyl (C=O) groups excluding carboxylic acids is 1. The van der Waals surface area contributed by atoms with Crippen LogP contribution in [0.3, 0.4) is 0 Å². The van der Waals surface area contributed by atoms with Gasteiger partial charge in [-0.05, 0) is 25.0 Å². The number of rotatable bonds is 6. The molecule has 1 aliphatic heterocycles. The van der Waals surface area contributed by atoms with Gasteiger partial charge in [-0.2, -0.15) is 5.10 Å². The molecule has 1 aromatic carbocycles. The van der Waals surface area contributed by atoms with Crippen LogP contribution in [-0.2, 0) is 6.54 Å². The minimum atomic E-state index is -2.62. The van der Waals surface area contributed by atoms with Crippen molar-refractivity contribution in [1.29, 1.82) is 0 Å². The molecule has 176 valence electrons. The molecule has 3 N–H and O–H groups in total. The Morgan fingerprint density at radius 1 is 1.15 bits per heavy atom. The van der Waals surface area contributed by atoms with Gasteiger partial charge in [0.25, 0.3) is 12.3 Å². The first-order chi connectivity index (χ1) is 15.8. The number of nitrogens with one attached hydrogen (secondary N) is 1. The number of aromatic nitrogens is 3. The summed E-state index contributed by atoms with van der Waals surface area (Å²) in [6.45, 7) is 0.679. The summed E-state index contributed by atoms with van der Waals surface area (Å²) in [5.41, 5.74) is 5.59. The Bertz CT molecular complexity index is 1120. The molecule has 3 aromatic rings. The van der Waals surface area contributed by atoms with Crippen molar-refractivity contribution >= 4 is 33.8 Å². The van der Waals surface area contributed by atoms with E-state index in [1.54, 1.807) is 0 Å². The lowest BCUT2D eigenvalue weighted by molar-refractivity contribution is 0.102. The number of carbonyl (C=O) groups is 1. The maximum absolute atomic E-state index is 14.1. The minimum Gasteiger partial charge on any atom is -0.389 e. The van der Waals surface area contributed by atoms with E-state index in [4.69, 9.17) is 5.73 Å². The van der Waals surface area contributed by atoms with Gasteiger partial charge >= 0.3 is 0 Å². The largest absolute Gasteiger partial charge is 0.389 e. The van der Waals surface area contributed by atoms with Crippen LogP contribution in [0, 0.1) is 11.6 Å². The topological polar surface area (TPSA) is 89.1 Å². The van der Waals surface area contributed by atoms with E-state index >= 15 is 0 Å². The molecule has 0 unspecified atom stereocenters. The van der Waals surface area contributed by atoms with Crippen molar-refractivity contribution in [2.45, 2.75) is 38.7 Å². The fourth-order valence-corrected chi connectivity index (χ4v) is 4.71. The van der Waals surface area contributed by atoms with Gasteiger partial charge in [0.2, 0.25) is 0 Å². The van der Waals surface area contributed by atoms with Gasteiger partial charge in [-0.1, -0.05) is 30.2 Å². The molecule has 12 heteroatoms. The second-order valence-electron chi connectivity index (χ2n) is 7.64. The fraction of sp³-hybridized carbons (Fsp3) is 0.381. The summed E-state index contributed by atoms with van der Waals surface area (Å²) in [4.78, 5) is 18.9. The maximum atomic E-state index is 14.1. The molecule has 0 bridgehead atoms. The number of benzene rings is 1. The first-order valence-corrected chi connectivity index (χ1v) is 11.3. The summed E-state index contributed by atoms with van der Waals surface area (Å²) in [6, 6.07) is 3.39. The lowest BCUT2D eigenvalue weighted by Crippen LogP contribution is -2.29. The third-order valence-corrected chi connectivity index (χ3v) is 6.22. The van der Waals surface area contributed by atoms with E-state index in [9.17, 15) is 22.4 Å². The molecule has 1 amide bonds. The first-order valence-electron chi connectivity index (χ1n) is 10.5. The molecule has 1 aliphatic rings. The van der Waals surface area contributed by atoms with E-state index in [1.807, 2.05) is 4.90 Å². The summed E-state index contributed by atoms with van der Waals surface area (Å²) >= 11 is 0.779. The number of halogens is 4. The predicted octanol–water partition coefficient (Wildman–Crippen LogP) is 4.76. The van der Waals surface area contributed by atoms with Crippen molar-refractivity contribution in [2.75, 3.05) is 29.0 Å². The molecule has 0 atom stereocenters. The predicted molar refractivity (Wildman–Crippen MR) is 119 cm³/mol. The lowest BCUT2D eigenvalue weighted by atomic mass is 10.2. The van der Waals surface area contributed by atoms with Gasteiger partial charge in [0.1, 0.15) is 33.9 Å². The SMILES string of the molecule is Nc1sc(-c2c(F)cccc2F)nc1C(=O)Nc1cnn(CC(F)F)c1N1CCCCCC1. The number of amides is 1. The van der Waals surface area contributed by atoms with Crippen molar-refractivity contribution in [3.05, 3.63) is 41.7 Å². The van der Waals surface area contributed by atoms with Crippen LogP contribution < -0.4 is 16.0 Å². The van der Waals surface area contributed by atoms with Crippen molar-refractivity contribution in [3.8, 4) is 10.6 Å². The zero-order chi connectivity index (χ0) is 23.5. The fourth-order valence-electron chi connectivity index (χ4n) is 3.83. The van der Waals surface area contributed by atoms with Crippen LogP contribution in [0.25, 0.3) is 10.6 Å². The van der Waals surface area contributed by atoms with Crippen LogP contribution in [0.5, 0.6) is 0 Å². The molecule has 7 nitrogen and oxygen atoms in total. The second kappa shape index (κ2) is 9.77. The summed E-state index contributed by atoms with van der Waals surface area (Å²) < 4.78 is 55.7. The molecular formula is C21H22F4N6OS. The van der Waals surface area contributed by atoms with Gasteiger partial charge in [0.05, 0.1) is 11.8 Å². The molecule has 3 heterocycles. The van der Waals surface area contributed by atoms with E-state index in [1.165, 1.54) is 16.9 Å². The number of alkyl halides is 2. The molecule has 2 aromatic heterocycles. The van der Waals surface area contributed by atoms with Crippen LogP contribution in [0.2, 0.25) is 0 Å². The summed E-state index contributed by atoms with van der Waals surface area (Å²) in [6.07, 6.45) is 2.54. The van der Waals surface area contributed by atoms with Crippen LogP contribution in [0.15, 0.2) is 24.4 Å². The second-order valence-corrected chi connectivity index (χ2v) is 8.67. The normalized spacial score (nSPS) is 14.5. The van der Waals surface area contributed by atoms with E-state index < -0.39 is 30.5 Å². The lowest BCUT2D eigenvalue weighted by Gasteiger charge is -2.25.